The number of carbonyl (C=O) groups is 1. The number of esters is 1. The molecule has 100 valence electrons. The molecule has 0 saturated carbocycles. The van der Waals surface area contributed by atoms with E-state index in [1.807, 2.05) is 0 Å². The Kier molecular flexibility index (Phi) is 4.72. The lowest BCUT2D eigenvalue weighted by atomic mass is 10.1. The van der Waals surface area contributed by atoms with E-state index in [1.54, 1.807) is 36.2 Å². The SMILES string of the molecule is COC(=O)c1ccccc1N(C)CCS(C)(=O)=O. The van der Waals surface area contributed by atoms with Gasteiger partial charge in [-0.2, -0.15) is 0 Å². The van der Waals surface area contributed by atoms with E-state index in [0.29, 0.717) is 17.8 Å². The third-order valence-corrected chi connectivity index (χ3v) is 3.44. The molecule has 0 saturated heterocycles. The van der Waals surface area contributed by atoms with Crippen LogP contribution in [0.1, 0.15) is 10.4 Å². The van der Waals surface area contributed by atoms with Crippen molar-refractivity contribution < 1.29 is 17.9 Å². The van der Waals surface area contributed by atoms with Crippen LogP contribution in [0.4, 0.5) is 5.69 Å². The Labute approximate surface area is 107 Å². The van der Waals surface area contributed by atoms with Gasteiger partial charge in [-0.25, -0.2) is 13.2 Å². The average Bonchev–Trinajstić information content (AvgIpc) is 2.34. The normalized spacial score (nSPS) is 11.1. The fraction of sp³-hybridized carbons (Fsp3) is 0.417. The Morgan fingerprint density at radius 1 is 1.33 bits per heavy atom. The minimum Gasteiger partial charge on any atom is -0.465 e. The molecule has 0 aromatic heterocycles. The molecule has 0 aliphatic rings. The minimum absolute atomic E-state index is 0.0407. The third kappa shape index (κ3) is 4.03. The molecule has 0 bridgehead atoms. The first-order valence-electron chi connectivity index (χ1n) is 5.41. The van der Waals surface area contributed by atoms with Crippen LogP contribution in [0.2, 0.25) is 0 Å². The van der Waals surface area contributed by atoms with Gasteiger partial charge in [0.25, 0.3) is 0 Å². The summed E-state index contributed by atoms with van der Waals surface area (Å²) in [5.41, 5.74) is 1.09. The van der Waals surface area contributed by atoms with Crippen molar-refractivity contribution in [2.45, 2.75) is 0 Å². The maximum absolute atomic E-state index is 11.6. The fourth-order valence-corrected chi connectivity index (χ4v) is 2.12. The largest absolute Gasteiger partial charge is 0.465 e. The number of ether oxygens (including phenoxy) is 1. The Morgan fingerprint density at radius 2 is 1.94 bits per heavy atom. The Hall–Kier alpha value is -1.56. The van der Waals surface area contributed by atoms with Crippen LogP contribution in [0.3, 0.4) is 0 Å². The number of methoxy groups -OCH3 is 1. The first-order chi connectivity index (χ1) is 8.35. The van der Waals surface area contributed by atoms with Gasteiger partial charge < -0.3 is 9.64 Å². The van der Waals surface area contributed by atoms with Gasteiger partial charge in [-0.05, 0) is 12.1 Å². The van der Waals surface area contributed by atoms with Gasteiger partial charge in [-0.15, -0.1) is 0 Å². The molecule has 1 aromatic carbocycles. The van der Waals surface area contributed by atoms with Gasteiger partial charge in [0.05, 0.1) is 24.1 Å². The summed E-state index contributed by atoms with van der Waals surface area (Å²) in [6.07, 6.45) is 1.19. The summed E-state index contributed by atoms with van der Waals surface area (Å²) in [5.74, 6) is -0.393. The Bertz CT molecular complexity index is 525. The lowest BCUT2D eigenvalue weighted by Crippen LogP contribution is -2.26. The quantitative estimate of drug-likeness (QED) is 0.746. The monoisotopic (exact) mass is 271 g/mol. The molecule has 6 heteroatoms. The molecule has 0 radical (unpaired) electrons. The van der Waals surface area contributed by atoms with E-state index in [0.717, 1.165) is 0 Å². The molecule has 0 spiro atoms. The molecule has 1 aromatic rings. The van der Waals surface area contributed by atoms with E-state index in [-0.39, 0.29) is 5.75 Å². The first kappa shape index (κ1) is 14.5. The van der Waals surface area contributed by atoms with Crippen LogP contribution in [0, 0.1) is 0 Å². The molecule has 0 unspecified atom stereocenters. The van der Waals surface area contributed by atoms with Crippen molar-refractivity contribution in [1.29, 1.82) is 0 Å². The van der Waals surface area contributed by atoms with Crippen LogP contribution in [0.25, 0.3) is 0 Å². The summed E-state index contributed by atoms with van der Waals surface area (Å²) in [6.45, 7) is 0.326. The molecule has 18 heavy (non-hydrogen) atoms. The number of sulfone groups is 1. The van der Waals surface area contributed by atoms with E-state index in [2.05, 4.69) is 4.74 Å². The van der Waals surface area contributed by atoms with Gasteiger partial charge in [-0.1, -0.05) is 12.1 Å². The van der Waals surface area contributed by atoms with Gasteiger partial charge in [0, 0.05) is 19.8 Å². The van der Waals surface area contributed by atoms with Gasteiger partial charge in [0.1, 0.15) is 9.84 Å². The van der Waals surface area contributed by atoms with Crippen molar-refractivity contribution in [2.24, 2.45) is 0 Å². The molecule has 5 nitrogen and oxygen atoms in total. The van der Waals surface area contributed by atoms with Crippen molar-refractivity contribution in [3.8, 4) is 0 Å². The summed E-state index contributed by atoms with van der Waals surface area (Å²) in [7, 11) is 0.0344. The first-order valence-corrected chi connectivity index (χ1v) is 7.47. The second-order valence-electron chi connectivity index (χ2n) is 4.06. The zero-order chi connectivity index (χ0) is 13.8. The van der Waals surface area contributed by atoms with Gasteiger partial charge in [0.2, 0.25) is 0 Å². The number of benzene rings is 1. The van der Waals surface area contributed by atoms with E-state index in [1.165, 1.54) is 13.4 Å². The third-order valence-electron chi connectivity index (χ3n) is 2.52. The number of hydrogen-bond donors (Lipinski definition) is 0. The van der Waals surface area contributed by atoms with E-state index in [9.17, 15) is 13.2 Å². The molecule has 0 heterocycles. The molecule has 0 amide bonds. The summed E-state index contributed by atoms with van der Waals surface area (Å²) in [5, 5.41) is 0. The van der Waals surface area contributed by atoms with Gasteiger partial charge in [-0.3, -0.25) is 0 Å². The van der Waals surface area contributed by atoms with Gasteiger partial charge >= 0.3 is 5.97 Å². The molecule has 0 aliphatic heterocycles. The molecular formula is C12H17NO4S. The highest BCUT2D eigenvalue weighted by atomic mass is 32.2. The number of para-hydroxylation sites is 1. The van der Waals surface area contributed by atoms with Crippen LogP contribution < -0.4 is 4.90 Å². The highest BCUT2D eigenvalue weighted by Crippen LogP contribution is 2.19. The van der Waals surface area contributed by atoms with Gasteiger partial charge in [0.15, 0.2) is 0 Å². The lowest BCUT2D eigenvalue weighted by molar-refractivity contribution is 0.0601. The van der Waals surface area contributed by atoms with Crippen LogP contribution in [-0.2, 0) is 14.6 Å². The summed E-state index contributed by atoms with van der Waals surface area (Å²) in [6, 6.07) is 6.94. The van der Waals surface area contributed by atoms with E-state index < -0.39 is 15.8 Å². The predicted molar refractivity (Wildman–Crippen MR) is 70.8 cm³/mol. The van der Waals surface area contributed by atoms with Crippen LogP contribution in [0.5, 0.6) is 0 Å². The van der Waals surface area contributed by atoms with E-state index in [4.69, 9.17) is 0 Å². The highest BCUT2D eigenvalue weighted by molar-refractivity contribution is 7.90. The van der Waals surface area contributed by atoms with Crippen LogP contribution in [0.15, 0.2) is 24.3 Å². The topological polar surface area (TPSA) is 63.7 Å². The zero-order valence-electron chi connectivity index (χ0n) is 10.7. The second kappa shape index (κ2) is 5.86. The fourth-order valence-electron chi connectivity index (χ4n) is 1.51. The number of nitrogens with zero attached hydrogens (tertiary/aromatic N) is 1. The highest BCUT2D eigenvalue weighted by Gasteiger charge is 2.15. The maximum atomic E-state index is 11.6. The maximum Gasteiger partial charge on any atom is 0.339 e. The number of rotatable bonds is 5. The average molecular weight is 271 g/mol. The lowest BCUT2D eigenvalue weighted by Gasteiger charge is -2.21. The smallest absolute Gasteiger partial charge is 0.339 e. The van der Waals surface area contributed by atoms with Crippen LogP contribution in [-0.4, -0.2) is 47.1 Å². The number of anilines is 1. The zero-order valence-corrected chi connectivity index (χ0v) is 11.5. The number of carbonyl (C=O) groups excluding carboxylic acids is 1. The molecule has 0 aliphatic carbocycles. The van der Waals surface area contributed by atoms with Crippen molar-refractivity contribution in [3.05, 3.63) is 29.8 Å². The molecule has 1 rings (SSSR count). The summed E-state index contributed by atoms with van der Waals surface area (Å²) >= 11 is 0. The van der Waals surface area contributed by atoms with E-state index >= 15 is 0 Å². The summed E-state index contributed by atoms with van der Waals surface area (Å²) in [4.78, 5) is 13.3. The Balaban J connectivity index is 2.92. The Morgan fingerprint density at radius 3 is 2.50 bits per heavy atom. The molecule has 0 atom stereocenters. The van der Waals surface area contributed by atoms with Crippen molar-refractivity contribution in [2.75, 3.05) is 37.6 Å². The molecular weight excluding hydrogens is 254 g/mol. The standard InChI is InChI=1S/C12H17NO4S/c1-13(8-9-18(3,15)16)11-7-5-4-6-10(11)12(14)17-2/h4-7H,8-9H2,1-3H3. The minimum atomic E-state index is -3.02. The number of hydrogen-bond acceptors (Lipinski definition) is 5. The molecule has 0 fully saturated rings. The van der Waals surface area contributed by atoms with Crippen LogP contribution >= 0.6 is 0 Å². The van der Waals surface area contributed by atoms with Crippen molar-refractivity contribution >= 4 is 21.5 Å². The molecule has 0 N–H and O–H groups in total. The second-order valence-corrected chi connectivity index (χ2v) is 6.32. The summed E-state index contributed by atoms with van der Waals surface area (Å²) < 4.78 is 26.9. The predicted octanol–water partition coefficient (Wildman–Crippen LogP) is 0.954. The van der Waals surface area contributed by atoms with Crippen molar-refractivity contribution in [3.63, 3.8) is 0 Å². The van der Waals surface area contributed by atoms with Crippen molar-refractivity contribution in [1.82, 2.24) is 0 Å².